The molecule has 1 radical (unpaired) electrons. The number of rotatable bonds is 5. The van der Waals surface area contributed by atoms with Crippen molar-refractivity contribution in [1.82, 2.24) is 4.98 Å². The van der Waals surface area contributed by atoms with E-state index in [0.29, 0.717) is 24.1 Å². The molecule has 0 spiro atoms. The van der Waals surface area contributed by atoms with E-state index in [2.05, 4.69) is 4.98 Å². The van der Waals surface area contributed by atoms with Crippen LogP contribution in [0, 0.1) is 16.5 Å². The number of anilines is 1. The molecule has 5 nitrogen and oxygen atoms in total. The van der Waals surface area contributed by atoms with Crippen LogP contribution in [0.25, 0.3) is 0 Å². The summed E-state index contributed by atoms with van der Waals surface area (Å²) in [7, 11) is 0. The van der Waals surface area contributed by atoms with E-state index >= 15 is 0 Å². The van der Waals surface area contributed by atoms with E-state index in [1.54, 1.807) is 24.5 Å². The second-order valence-electron chi connectivity index (χ2n) is 4.16. The fourth-order valence-corrected chi connectivity index (χ4v) is 1.89. The SMILES string of the molecule is Nc1cccc([N+](=O)[O-])c1C[CH]Cc1cccnc1. The Labute approximate surface area is 111 Å². The lowest BCUT2D eigenvalue weighted by atomic mass is 10.0. The van der Waals surface area contributed by atoms with E-state index in [1.165, 1.54) is 6.07 Å². The van der Waals surface area contributed by atoms with Crippen LogP contribution in [-0.2, 0) is 12.8 Å². The highest BCUT2D eigenvalue weighted by molar-refractivity contribution is 5.58. The molecular formula is C14H14N3O2. The van der Waals surface area contributed by atoms with Gasteiger partial charge in [0.2, 0.25) is 0 Å². The van der Waals surface area contributed by atoms with E-state index in [-0.39, 0.29) is 5.69 Å². The molecule has 0 amide bonds. The Hall–Kier alpha value is -2.43. The third-order valence-electron chi connectivity index (χ3n) is 2.84. The van der Waals surface area contributed by atoms with Gasteiger partial charge in [-0.2, -0.15) is 0 Å². The van der Waals surface area contributed by atoms with E-state index in [1.807, 2.05) is 18.6 Å². The van der Waals surface area contributed by atoms with Gasteiger partial charge in [0.05, 0.1) is 10.5 Å². The molecular weight excluding hydrogens is 242 g/mol. The molecule has 0 bridgehead atoms. The third kappa shape index (κ3) is 3.28. The number of pyridine rings is 1. The van der Waals surface area contributed by atoms with Crippen molar-refractivity contribution in [3.05, 3.63) is 70.4 Å². The van der Waals surface area contributed by atoms with Gasteiger partial charge < -0.3 is 5.73 Å². The minimum atomic E-state index is -0.399. The van der Waals surface area contributed by atoms with Gasteiger partial charge in [0.15, 0.2) is 0 Å². The van der Waals surface area contributed by atoms with Crippen LogP contribution in [0.5, 0.6) is 0 Å². The molecule has 0 fully saturated rings. The van der Waals surface area contributed by atoms with E-state index in [4.69, 9.17) is 5.73 Å². The van der Waals surface area contributed by atoms with Gasteiger partial charge in [0, 0.05) is 24.1 Å². The summed E-state index contributed by atoms with van der Waals surface area (Å²) in [6, 6.07) is 8.58. The fraction of sp³-hybridized carbons (Fsp3) is 0.143. The Morgan fingerprint density at radius 1 is 1.26 bits per heavy atom. The maximum Gasteiger partial charge on any atom is 0.274 e. The molecule has 1 aromatic carbocycles. The molecule has 2 N–H and O–H groups in total. The first kappa shape index (κ1) is 13.0. The lowest BCUT2D eigenvalue weighted by Crippen LogP contribution is -2.02. The van der Waals surface area contributed by atoms with Gasteiger partial charge >= 0.3 is 0 Å². The zero-order valence-corrected chi connectivity index (χ0v) is 10.3. The predicted molar refractivity (Wildman–Crippen MR) is 73.5 cm³/mol. The summed E-state index contributed by atoms with van der Waals surface area (Å²) in [5, 5.41) is 10.9. The van der Waals surface area contributed by atoms with Gasteiger partial charge in [-0.05, 0) is 37.0 Å². The summed E-state index contributed by atoms with van der Waals surface area (Å²) in [6.45, 7) is 0. The molecule has 0 aliphatic heterocycles. The van der Waals surface area contributed by atoms with Crippen molar-refractivity contribution >= 4 is 11.4 Å². The molecule has 0 unspecified atom stereocenters. The number of nitrogens with zero attached hydrogens (tertiary/aromatic N) is 2. The molecule has 0 aliphatic carbocycles. The molecule has 0 atom stereocenters. The highest BCUT2D eigenvalue weighted by Gasteiger charge is 2.15. The average Bonchev–Trinajstić information content (AvgIpc) is 2.41. The van der Waals surface area contributed by atoms with Crippen molar-refractivity contribution in [2.24, 2.45) is 0 Å². The Morgan fingerprint density at radius 2 is 2.11 bits per heavy atom. The molecule has 0 saturated heterocycles. The first-order valence-corrected chi connectivity index (χ1v) is 5.91. The van der Waals surface area contributed by atoms with Crippen molar-refractivity contribution in [3.8, 4) is 0 Å². The molecule has 97 valence electrons. The number of nitro groups is 1. The third-order valence-corrected chi connectivity index (χ3v) is 2.84. The Balaban J connectivity index is 2.05. The van der Waals surface area contributed by atoms with Gasteiger partial charge in [-0.25, -0.2) is 0 Å². The van der Waals surface area contributed by atoms with Crippen LogP contribution in [0.3, 0.4) is 0 Å². The number of hydrogen-bond acceptors (Lipinski definition) is 4. The zero-order chi connectivity index (χ0) is 13.7. The zero-order valence-electron chi connectivity index (χ0n) is 10.3. The van der Waals surface area contributed by atoms with Gasteiger partial charge in [-0.3, -0.25) is 15.1 Å². The number of aromatic nitrogens is 1. The van der Waals surface area contributed by atoms with Crippen molar-refractivity contribution in [1.29, 1.82) is 0 Å². The normalized spacial score (nSPS) is 10.3. The molecule has 1 aromatic heterocycles. The number of hydrogen-bond donors (Lipinski definition) is 1. The van der Waals surface area contributed by atoms with E-state index in [0.717, 1.165) is 5.56 Å². The average molecular weight is 256 g/mol. The van der Waals surface area contributed by atoms with Crippen LogP contribution in [0.15, 0.2) is 42.7 Å². The molecule has 2 rings (SSSR count). The van der Waals surface area contributed by atoms with Crippen LogP contribution in [0.1, 0.15) is 11.1 Å². The summed E-state index contributed by atoms with van der Waals surface area (Å²) >= 11 is 0. The second kappa shape index (κ2) is 5.95. The van der Waals surface area contributed by atoms with Crippen LogP contribution >= 0.6 is 0 Å². The lowest BCUT2D eigenvalue weighted by Gasteiger charge is -2.06. The molecule has 2 aromatic rings. The number of benzene rings is 1. The van der Waals surface area contributed by atoms with Crippen molar-refractivity contribution in [2.45, 2.75) is 12.8 Å². The van der Waals surface area contributed by atoms with Crippen molar-refractivity contribution in [3.63, 3.8) is 0 Å². The number of nitro benzene ring substituents is 1. The predicted octanol–water partition coefficient (Wildman–Crippen LogP) is 2.56. The Kier molecular flexibility index (Phi) is 4.07. The fourth-order valence-electron chi connectivity index (χ4n) is 1.89. The topological polar surface area (TPSA) is 82.0 Å². The van der Waals surface area contributed by atoms with Gasteiger partial charge in [-0.15, -0.1) is 0 Å². The maximum atomic E-state index is 10.9. The Bertz CT molecular complexity index is 570. The largest absolute Gasteiger partial charge is 0.398 e. The van der Waals surface area contributed by atoms with Crippen molar-refractivity contribution in [2.75, 3.05) is 5.73 Å². The van der Waals surface area contributed by atoms with Crippen molar-refractivity contribution < 1.29 is 4.92 Å². The first-order chi connectivity index (χ1) is 9.18. The molecule has 5 heteroatoms. The van der Waals surface area contributed by atoms with Gasteiger partial charge in [0.1, 0.15) is 0 Å². The smallest absolute Gasteiger partial charge is 0.274 e. The number of nitrogens with two attached hydrogens (primary N) is 1. The quantitative estimate of drug-likeness (QED) is 0.506. The molecule has 0 aliphatic rings. The second-order valence-corrected chi connectivity index (χ2v) is 4.16. The lowest BCUT2D eigenvalue weighted by molar-refractivity contribution is -0.385. The van der Waals surface area contributed by atoms with Crippen LogP contribution in [0.2, 0.25) is 0 Å². The standard InChI is InChI=1S/C14H14N3O2/c15-13-7-2-8-14(17(18)19)12(13)6-1-4-11-5-3-9-16-10-11/h1-3,5,7-10H,4,6,15H2. The van der Waals surface area contributed by atoms with Crippen LogP contribution in [-0.4, -0.2) is 9.91 Å². The summed E-state index contributed by atoms with van der Waals surface area (Å²) in [6.07, 6.45) is 6.63. The number of nitrogen functional groups attached to an aromatic ring is 1. The molecule has 19 heavy (non-hydrogen) atoms. The summed E-state index contributed by atoms with van der Waals surface area (Å²) in [5.74, 6) is 0. The van der Waals surface area contributed by atoms with Gasteiger partial charge in [0.25, 0.3) is 5.69 Å². The van der Waals surface area contributed by atoms with E-state index < -0.39 is 4.92 Å². The van der Waals surface area contributed by atoms with E-state index in [9.17, 15) is 10.1 Å². The molecule has 0 saturated carbocycles. The highest BCUT2D eigenvalue weighted by Crippen LogP contribution is 2.25. The monoisotopic (exact) mass is 256 g/mol. The Morgan fingerprint density at radius 3 is 2.79 bits per heavy atom. The first-order valence-electron chi connectivity index (χ1n) is 5.91. The highest BCUT2D eigenvalue weighted by atomic mass is 16.6. The minimum absolute atomic E-state index is 0.0717. The van der Waals surface area contributed by atoms with Gasteiger partial charge in [-0.1, -0.05) is 12.1 Å². The summed E-state index contributed by atoms with van der Waals surface area (Å²) < 4.78 is 0. The summed E-state index contributed by atoms with van der Waals surface area (Å²) in [4.78, 5) is 14.6. The van der Waals surface area contributed by atoms with Crippen LogP contribution < -0.4 is 5.73 Å². The van der Waals surface area contributed by atoms with Crippen LogP contribution in [0.4, 0.5) is 11.4 Å². The summed E-state index contributed by atoms with van der Waals surface area (Å²) in [5.41, 5.74) is 7.96. The minimum Gasteiger partial charge on any atom is -0.398 e. The maximum absolute atomic E-state index is 10.9. The molecule has 1 heterocycles.